The topological polar surface area (TPSA) is 41.1 Å². The van der Waals surface area contributed by atoms with Gasteiger partial charge in [0.2, 0.25) is 5.91 Å². The number of nitrogens with one attached hydrogen (secondary N) is 2. The van der Waals surface area contributed by atoms with Crippen LogP contribution in [0.15, 0.2) is 35.9 Å². The van der Waals surface area contributed by atoms with E-state index in [0.29, 0.717) is 13.0 Å². The summed E-state index contributed by atoms with van der Waals surface area (Å²) in [7, 11) is 0. The van der Waals surface area contributed by atoms with Crippen LogP contribution in [0.5, 0.6) is 0 Å². The van der Waals surface area contributed by atoms with Crippen LogP contribution in [0.4, 0.5) is 5.69 Å². The highest BCUT2D eigenvalue weighted by Gasteiger charge is 2.12. The maximum Gasteiger partial charge on any atom is 0.221 e. The molecule has 1 aromatic carbocycles. The van der Waals surface area contributed by atoms with Crippen molar-refractivity contribution < 1.29 is 4.79 Å². The van der Waals surface area contributed by atoms with Crippen LogP contribution in [0.2, 0.25) is 0 Å². The van der Waals surface area contributed by atoms with Gasteiger partial charge in [0.05, 0.1) is 0 Å². The summed E-state index contributed by atoms with van der Waals surface area (Å²) >= 11 is 0. The van der Waals surface area contributed by atoms with Crippen LogP contribution in [0.3, 0.4) is 0 Å². The standard InChI is InChI=1S/C21H32N2O/c1-21(2,3)18-9-11-19(12-10-18)22-16-14-20(24)23-15-13-17-7-5-4-6-8-17/h7,9-12,22H,4-6,8,13-16H2,1-3H3,(H,23,24). The van der Waals surface area contributed by atoms with Gasteiger partial charge in [0, 0.05) is 25.2 Å². The van der Waals surface area contributed by atoms with Gasteiger partial charge in [-0.05, 0) is 55.2 Å². The Morgan fingerprint density at radius 3 is 2.46 bits per heavy atom. The van der Waals surface area contributed by atoms with Crippen molar-refractivity contribution in [2.24, 2.45) is 0 Å². The molecule has 24 heavy (non-hydrogen) atoms. The van der Waals surface area contributed by atoms with Crippen molar-refractivity contribution in [3.8, 4) is 0 Å². The Hall–Kier alpha value is -1.77. The van der Waals surface area contributed by atoms with E-state index in [2.05, 4.69) is 61.7 Å². The van der Waals surface area contributed by atoms with Gasteiger partial charge in [0.25, 0.3) is 0 Å². The molecule has 1 amide bonds. The first-order valence-corrected chi connectivity index (χ1v) is 9.24. The number of amides is 1. The van der Waals surface area contributed by atoms with Crippen LogP contribution in [0.1, 0.15) is 64.9 Å². The summed E-state index contributed by atoms with van der Waals surface area (Å²) in [5.41, 5.74) is 4.08. The molecule has 0 fully saturated rings. The fraction of sp³-hybridized carbons (Fsp3) is 0.571. The van der Waals surface area contributed by atoms with Crippen LogP contribution < -0.4 is 10.6 Å². The van der Waals surface area contributed by atoms with Crippen LogP contribution in [0.25, 0.3) is 0 Å². The van der Waals surface area contributed by atoms with E-state index in [1.807, 2.05) is 0 Å². The average Bonchev–Trinajstić information content (AvgIpc) is 2.55. The molecule has 2 rings (SSSR count). The first-order valence-electron chi connectivity index (χ1n) is 9.24. The monoisotopic (exact) mass is 328 g/mol. The third-order valence-electron chi connectivity index (χ3n) is 4.59. The molecule has 3 heteroatoms. The third kappa shape index (κ3) is 6.38. The second-order valence-corrected chi connectivity index (χ2v) is 7.71. The van der Waals surface area contributed by atoms with Crippen molar-refractivity contribution in [2.45, 2.75) is 64.7 Å². The first-order chi connectivity index (χ1) is 11.4. The molecule has 0 saturated carbocycles. The lowest BCUT2D eigenvalue weighted by Gasteiger charge is -2.19. The lowest BCUT2D eigenvalue weighted by molar-refractivity contribution is -0.120. The van der Waals surface area contributed by atoms with Crippen molar-refractivity contribution in [1.82, 2.24) is 5.32 Å². The maximum absolute atomic E-state index is 11.9. The van der Waals surface area contributed by atoms with E-state index in [-0.39, 0.29) is 11.3 Å². The highest BCUT2D eigenvalue weighted by Crippen LogP contribution is 2.23. The number of benzene rings is 1. The number of carbonyl (C=O) groups is 1. The Bertz CT molecular complexity index is 552. The maximum atomic E-state index is 11.9. The van der Waals surface area contributed by atoms with E-state index >= 15 is 0 Å². The molecule has 1 aliphatic rings. The van der Waals surface area contributed by atoms with Gasteiger partial charge in [-0.3, -0.25) is 4.79 Å². The molecule has 0 spiro atoms. The Balaban J connectivity index is 1.62. The van der Waals surface area contributed by atoms with E-state index in [1.54, 1.807) is 0 Å². The Labute approximate surface area is 146 Å². The molecule has 0 atom stereocenters. The zero-order valence-corrected chi connectivity index (χ0v) is 15.5. The quantitative estimate of drug-likeness (QED) is 0.706. The summed E-state index contributed by atoms with van der Waals surface area (Å²) in [4.78, 5) is 11.9. The summed E-state index contributed by atoms with van der Waals surface area (Å²) in [6.07, 6.45) is 8.91. The summed E-state index contributed by atoms with van der Waals surface area (Å²) in [5.74, 6) is 0.130. The second-order valence-electron chi connectivity index (χ2n) is 7.71. The predicted molar refractivity (Wildman–Crippen MR) is 102 cm³/mol. The molecule has 0 aromatic heterocycles. The number of hydrogen-bond acceptors (Lipinski definition) is 2. The van der Waals surface area contributed by atoms with Crippen molar-refractivity contribution in [2.75, 3.05) is 18.4 Å². The summed E-state index contributed by atoms with van der Waals surface area (Å²) in [6.45, 7) is 8.07. The van der Waals surface area contributed by atoms with Gasteiger partial charge in [-0.15, -0.1) is 0 Å². The summed E-state index contributed by atoms with van der Waals surface area (Å²) in [5, 5.41) is 6.35. The van der Waals surface area contributed by atoms with Crippen LogP contribution >= 0.6 is 0 Å². The normalized spacial score (nSPS) is 14.9. The molecule has 3 nitrogen and oxygen atoms in total. The summed E-state index contributed by atoms with van der Waals surface area (Å²) < 4.78 is 0. The fourth-order valence-electron chi connectivity index (χ4n) is 2.99. The number of anilines is 1. The Morgan fingerprint density at radius 1 is 1.08 bits per heavy atom. The smallest absolute Gasteiger partial charge is 0.221 e. The minimum atomic E-state index is 0.130. The highest BCUT2D eigenvalue weighted by molar-refractivity contribution is 5.76. The van der Waals surface area contributed by atoms with Crippen molar-refractivity contribution >= 4 is 11.6 Å². The van der Waals surface area contributed by atoms with E-state index < -0.39 is 0 Å². The lowest BCUT2D eigenvalue weighted by Crippen LogP contribution is -2.26. The minimum Gasteiger partial charge on any atom is -0.385 e. The van der Waals surface area contributed by atoms with Crippen LogP contribution in [-0.4, -0.2) is 19.0 Å². The average molecular weight is 329 g/mol. The molecule has 0 bridgehead atoms. The zero-order valence-electron chi connectivity index (χ0n) is 15.5. The molecule has 2 N–H and O–H groups in total. The Kier molecular flexibility index (Phi) is 6.89. The number of allylic oxidation sites excluding steroid dienone is 1. The molecular weight excluding hydrogens is 296 g/mol. The van der Waals surface area contributed by atoms with Gasteiger partial charge in [-0.25, -0.2) is 0 Å². The van der Waals surface area contributed by atoms with Gasteiger partial charge in [-0.2, -0.15) is 0 Å². The Morgan fingerprint density at radius 2 is 1.83 bits per heavy atom. The van der Waals surface area contributed by atoms with Gasteiger partial charge < -0.3 is 10.6 Å². The number of carbonyl (C=O) groups excluding carboxylic acids is 1. The minimum absolute atomic E-state index is 0.130. The fourth-order valence-corrected chi connectivity index (χ4v) is 2.99. The van der Waals surface area contributed by atoms with Gasteiger partial charge in [0.1, 0.15) is 0 Å². The molecular formula is C21H32N2O. The summed E-state index contributed by atoms with van der Waals surface area (Å²) in [6, 6.07) is 8.49. The molecule has 0 aliphatic heterocycles. The molecule has 1 aromatic rings. The largest absolute Gasteiger partial charge is 0.385 e. The van der Waals surface area contributed by atoms with E-state index in [0.717, 1.165) is 18.7 Å². The van der Waals surface area contributed by atoms with Crippen LogP contribution in [0, 0.1) is 0 Å². The van der Waals surface area contributed by atoms with E-state index in [1.165, 1.54) is 36.8 Å². The van der Waals surface area contributed by atoms with Gasteiger partial charge in [-0.1, -0.05) is 44.6 Å². The van der Waals surface area contributed by atoms with Gasteiger partial charge in [0.15, 0.2) is 0 Å². The first kappa shape index (κ1) is 18.6. The SMILES string of the molecule is CC(C)(C)c1ccc(NCCC(=O)NCCC2=CCCCC2)cc1. The van der Waals surface area contributed by atoms with Crippen LogP contribution in [-0.2, 0) is 10.2 Å². The lowest BCUT2D eigenvalue weighted by atomic mass is 9.87. The van der Waals surface area contributed by atoms with Crippen molar-refractivity contribution in [3.05, 3.63) is 41.5 Å². The number of hydrogen-bond donors (Lipinski definition) is 2. The zero-order chi connectivity index (χ0) is 17.4. The molecule has 0 unspecified atom stereocenters. The third-order valence-corrected chi connectivity index (χ3v) is 4.59. The second kappa shape index (κ2) is 8.91. The molecule has 0 saturated heterocycles. The van der Waals surface area contributed by atoms with Gasteiger partial charge >= 0.3 is 0 Å². The van der Waals surface area contributed by atoms with E-state index in [9.17, 15) is 4.79 Å². The van der Waals surface area contributed by atoms with Crippen molar-refractivity contribution in [3.63, 3.8) is 0 Å². The van der Waals surface area contributed by atoms with E-state index in [4.69, 9.17) is 0 Å². The highest BCUT2D eigenvalue weighted by atomic mass is 16.1. The molecule has 0 radical (unpaired) electrons. The molecule has 132 valence electrons. The number of rotatable bonds is 7. The molecule has 0 heterocycles. The molecule has 1 aliphatic carbocycles. The predicted octanol–water partition coefficient (Wildman–Crippen LogP) is 4.79. The van der Waals surface area contributed by atoms with Crippen molar-refractivity contribution in [1.29, 1.82) is 0 Å².